The van der Waals surface area contributed by atoms with Gasteiger partial charge in [-0.25, -0.2) is 4.68 Å². The number of allylic oxidation sites excluding steroid dienone is 1. The Balaban J connectivity index is 1.76. The number of thioether (sulfide) groups is 1. The van der Waals surface area contributed by atoms with E-state index in [0.717, 1.165) is 47.5 Å². The molecule has 2 heterocycles. The Bertz CT molecular complexity index is 1290. The van der Waals surface area contributed by atoms with Crippen molar-refractivity contribution in [2.24, 2.45) is 0 Å². The molecular weight excluding hydrogens is 486 g/mol. The average molecular weight is 522 g/mol. The zero-order valence-electron chi connectivity index (χ0n) is 22.1. The summed E-state index contributed by atoms with van der Waals surface area (Å²) >= 11 is 1.62. The quantitative estimate of drug-likeness (QED) is 0.229. The van der Waals surface area contributed by atoms with E-state index in [9.17, 15) is 4.79 Å². The highest BCUT2D eigenvalue weighted by atomic mass is 32.2. The van der Waals surface area contributed by atoms with Crippen LogP contribution in [0.15, 0.2) is 58.9 Å². The van der Waals surface area contributed by atoms with Crippen molar-refractivity contribution in [1.29, 1.82) is 0 Å². The number of carbonyl (C=O) groups is 1. The number of unbranched alkanes of at least 4 members (excludes halogenated alkanes) is 1. The van der Waals surface area contributed by atoms with Gasteiger partial charge in [0.05, 0.1) is 19.3 Å². The van der Waals surface area contributed by atoms with Crippen molar-refractivity contribution in [3.05, 3.63) is 64.9 Å². The Hall–Kier alpha value is -3.46. The summed E-state index contributed by atoms with van der Waals surface area (Å²) in [6.07, 6.45) is 3.09. The van der Waals surface area contributed by atoms with Gasteiger partial charge < -0.3 is 20.1 Å². The van der Waals surface area contributed by atoms with Gasteiger partial charge in [0, 0.05) is 17.1 Å². The summed E-state index contributed by atoms with van der Waals surface area (Å²) in [6, 6.07) is 13.0. The van der Waals surface area contributed by atoms with E-state index in [1.54, 1.807) is 23.6 Å². The fourth-order valence-electron chi connectivity index (χ4n) is 4.21. The van der Waals surface area contributed by atoms with Gasteiger partial charge in [0.15, 0.2) is 11.5 Å². The van der Waals surface area contributed by atoms with Crippen LogP contribution in [0.1, 0.15) is 57.2 Å². The standard InChI is InChI=1S/C28H35N5O3S/c1-6-8-15-37-28-31-27-29-19(4)24(26(34)30-21-11-9-10-18(3)16-21)25(33(27)32-28)20-12-13-22(36-14-7-2)23(17-20)35-5/h9-13,16-17,25H,6-8,14-15H2,1-5H3,(H,30,34)(H,29,31,32). The summed E-state index contributed by atoms with van der Waals surface area (Å²) in [7, 11) is 1.62. The van der Waals surface area contributed by atoms with Gasteiger partial charge in [-0.05, 0) is 62.1 Å². The number of benzene rings is 2. The number of hydrogen-bond acceptors (Lipinski definition) is 7. The summed E-state index contributed by atoms with van der Waals surface area (Å²) in [4.78, 5) is 18.5. The lowest BCUT2D eigenvalue weighted by molar-refractivity contribution is -0.113. The number of rotatable bonds is 11. The third-order valence-electron chi connectivity index (χ3n) is 6.05. The van der Waals surface area contributed by atoms with Crippen molar-refractivity contribution in [2.45, 2.75) is 58.2 Å². The first-order valence-corrected chi connectivity index (χ1v) is 13.7. The van der Waals surface area contributed by atoms with E-state index >= 15 is 0 Å². The van der Waals surface area contributed by atoms with Crippen molar-refractivity contribution in [3.63, 3.8) is 0 Å². The maximum atomic E-state index is 13.7. The van der Waals surface area contributed by atoms with E-state index in [4.69, 9.17) is 19.6 Å². The van der Waals surface area contributed by atoms with E-state index in [-0.39, 0.29) is 5.91 Å². The van der Waals surface area contributed by atoms with Crippen molar-refractivity contribution in [1.82, 2.24) is 14.8 Å². The van der Waals surface area contributed by atoms with Crippen LogP contribution in [-0.4, -0.2) is 40.1 Å². The Labute approximate surface area is 222 Å². The van der Waals surface area contributed by atoms with Crippen LogP contribution in [0.5, 0.6) is 11.5 Å². The molecule has 2 N–H and O–H groups in total. The van der Waals surface area contributed by atoms with Crippen molar-refractivity contribution in [2.75, 3.05) is 30.1 Å². The molecule has 2 aromatic carbocycles. The van der Waals surface area contributed by atoms with Crippen LogP contribution in [0.2, 0.25) is 0 Å². The van der Waals surface area contributed by atoms with Crippen molar-refractivity contribution < 1.29 is 14.3 Å². The van der Waals surface area contributed by atoms with Gasteiger partial charge in [-0.1, -0.05) is 50.2 Å². The fraction of sp³-hybridized carbons (Fsp3) is 0.393. The number of hydrogen-bond donors (Lipinski definition) is 2. The van der Waals surface area contributed by atoms with E-state index in [0.29, 0.717) is 34.8 Å². The van der Waals surface area contributed by atoms with Crippen LogP contribution in [0.3, 0.4) is 0 Å². The highest BCUT2D eigenvalue weighted by Crippen LogP contribution is 2.40. The van der Waals surface area contributed by atoms with Crippen LogP contribution in [0, 0.1) is 6.92 Å². The molecule has 0 saturated heterocycles. The number of anilines is 2. The molecule has 1 aromatic heterocycles. The second kappa shape index (κ2) is 12.2. The number of carbonyl (C=O) groups excluding carboxylic acids is 1. The Morgan fingerprint density at radius 3 is 2.70 bits per heavy atom. The number of fused-ring (bicyclic) bond motifs is 1. The molecule has 1 aliphatic heterocycles. The topological polar surface area (TPSA) is 90.3 Å². The summed E-state index contributed by atoms with van der Waals surface area (Å²) in [5.41, 5.74) is 3.96. The average Bonchev–Trinajstić information content (AvgIpc) is 3.28. The zero-order chi connectivity index (χ0) is 26.4. The molecule has 4 rings (SSSR count). The molecule has 0 spiro atoms. The summed E-state index contributed by atoms with van der Waals surface area (Å²) in [6.45, 7) is 8.72. The number of nitrogens with zero attached hydrogens (tertiary/aromatic N) is 3. The summed E-state index contributed by atoms with van der Waals surface area (Å²) < 4.78 is 13.3. The highest BCUT2D eigenvalue weighted by molar-refractivity contribution is 7.99. The molecule has 8 nitrogen and oxygen atoms in total. The van der Waals surface area contributed by atoms with Crippen molar-refractivity contribution in [3.8, 4) is 11.5 Å². The smallest absolute Gasteiger partial charge is 0.255 e. The molecule has 196 valence electrons. The second-order valence-corrected chi connectivity index (χ2v) is 10.1. The maximum Gasteiger partial charge on any atom is 0.255 e. The SMILES string of the molecule is CCCCSc1nc2n(n1)C(c1ccc(OCCC)c(OC)c1)C(C(=O)Nc1cccc(C)c1)=C(C)N2. The van der Waals surface area contributed by atoms with Gasteiger partial charge in [0.2, 0.25) is 11.1 Å². The minimum absolute atomic E-state index is 0.202. The van der Waals surface area contributed by atoms with Gasteiger partial charge in [-0.15, -0.1) is 5.10 Å². The molecular formula is C28H35N5O3S. The van der Waals surface area contributed by atoms with E-state index < -0.39 is 6.04 Å². The minimum Gasteiger partial charge on any atom is -0.493 e. The predicted octanol–water partition coefficient (Wildman–Crippen LogP) is 6.20. The number of aryl methyl sites for hydroxylation is 1. The van der Waals surface area contributed by atoms with Gasteiger partial charge >= 0.3 is 0 Å². The Morgan fingerprint density at radius 2 is 1.97 bits per heavy atom. The summed E-state index contributed by atoms with van der Waals surface area (Å²) in [5.74, 6) is 2.63. The number of ether oxygens (including phenoxy) is 2. The first-order chi connectivity index (χ1) is 17.9. The minimum atomic E-state index is -0.497. The van der Waals surface area contributed by atoms with Crippen LogP contribution in [-0.2, 0) is 4.79 Å². The predicted molar refractivity (Wildman–Crippen MR) is 149 cm³/mol. The molecule has 9 heteroatoms. The molecule has 0 aliphatic carbocycles. The molecule has 1 atom stereocenters. The molecule has 1 unspecified atom stereocenters. The van der Waals surface area contributed by atoms with E-state index in [2.05, 4.69) is 24.5 Å². The summed E-state index contributed by atoms with van der Waals surface area (Å²) in [5, 5.41) is 11.9. The normalized spacial score (nSPS) is 14.7. The molecule has 0 radical (unpaired) electrons. The molecule has 0 saturated carbocycles. The molecule has 0 bridgehead atoms. The van der Waals surface area contributed by atoms with Gasteiger partial charge in [-0.2, -0.15) is 4.98 Å². The molecule has 3 aromatic rings. The largest absolute Gasteiger partial charge is 0.493 e. The number of nitrogens with one attached hydrogen (secondary N) is 2. The molecule has 1 aliphatic rings. The lowest BCUT2D eigenvalue weighted by Crippen LogP contribution is -2.31. The van der Waals surface area contributed by atoms with Gasteiger partial charge in [0.25, 0.3) is 5.91 Å². The van der Waals surface area contributed by atoms with E-state index in [1.165, 1.54) is 0 Å². The lowest BCUT2D eigenvalue weighted by atomic mass is 9.94. The van der Waals surface area contributed by atoms with Crippen LogP contribution in [0.25, 0.3) is 0 Å². The molecule has 0 fully saturated rings. The number of methoxy groups -OCH3 is 1. The zero-order valence-corrected chi connectivity index (χ0v) is 22.9. The Kier molecular flexibility index (Phi) is 8.76. The van der Waals surface area contributed by atoms with Crippen molar-refractivity contribution >= 4 is 29.3 Å². The van der Waals surface area contributed by atoms with Gasteiger partial charge in [-0.3, -0.25) is 4.79 Å². The first-order valence-electron chi connectivity index (χ1n) is 12.7. The van der Waals surface area contributed by atoms with Crippen LogP contribution in [0.4, 0.5) is 11.6 Å². The monoisotopic (exact) mass is 521 g/mol. The Morgan fingerprint density at radius 1 is 1.14 bits per heavy atom. The fourth-order valence-corrected chi connectivity index (χ4v) is 5.12. The lowest BCUT2D eigenvalue weighted by Gasteiger charge is -2.29. The molecule has 1 amide bonds. The maximum absolute atomic E-state index is 13.7. The highest BCUT2D eigenvalue weighted by Gasteiger charge is 2.35. The number of amides is 1. The number of aromatic nitrogens is 3. The van der Waals surface area contributed by atoms with E-state index in [1.807, 2.05) is 56.3 Å². The first kappa shape index (κ1) is 26.6. The van der Waals surface area contributed by atoms with Crippen LogP contribution < -0.4 is 20.1 Å². The van der Waals surface area contributed by atoms with Crippen LogP contribution >= 0.6 is 11.8 Å². The third kappa shape index (κ3) is 6.10. The second-order valence-electron chi connectivity index (χ2n) is 9.01. The van der Waals surface area contributed by atoms with Gasteiger partial charge in [0.1, 0.15) is 6.04 Å². The molecule has 37 heavy (non-hydrogen) atoms. The third-order valence-corrected chi connectivity index (χ3v) is 6.97.